The summed E-state index contributed by atoms with van der Waals surface area (Å²) in [4.78, 5) is 20.7. The topological polar surface area (TPSA) is 66.4 Å². The minimum atomic E-state index is -0.711. The van der Waals surface area contributed by atoms with E-state index in [1.54, 1.807) is 0 Å². The molecule has 100 valence electrons. The third-order valence-electron chi connectivity index (χ3n) is 2.00. The van der Waals surface area contributed by atoms with Gasteiger partial charge in [0.05, 0.1) is 0 Å². The van der Waals surface area contributed by atoms with Gasteiger partial charge < -0.3 is 10.4 Å². The van der Waals surface area contributed by atoms with Crippen LogP contribution in [0.5, 0.6) is 0 Å². The maximum atomic E-state index is 11.1. The first-order valence-corrected chi connectivity index (χ1v) is 6.16. The molecule has 0 aliphatic carbocycles. The summed E-state index contributed by atoms with van der Waals surface area (Å²) in [5.41, 5.74) is 0.871. The van der Waals surface area contributed by atoms with Gasteiger partial charge in [-0.3, -0.25) is 9.59 Å². The van der Waals surface area contributed by atoms with E-state index >= 15 is 0 Å². The van der Waals surface area contributed by atoms with Crippen molar-refractivity contribution in [2.24, 2.45) is 0 Å². The molecule has 4 heteroatoms. The van der Waals surface area contributed by atoms with Crippen LogP contribution in [0, 0.1) is 0 Å². The zero-order valence-electron chi connectivity index (χ0n) is 11.0. The molecule has 0 bridgehead atoms. The normalized spacial score (nSPS) is 9.00. The fraction of sp³-hybridized carbons (Fsp3) is 0.429. The van der Waals surface area contributed by atoms with Crippen LogP contribution < -0.4 is 5.32 Å². The SMILES string of the molecule is CCCC(=O)Nc1ccccc1.CCCC(=O)O. The lowest BCUT2D eigenvalue weighted by Gasteiger charge is -2.02. The summed E-state index contributed by atoms with van der Waals surface area (Å²) < 4.78 is 0. The first-order valence-electron chi connectivity index (χ1n) is 6.16. The van der Waals surface area contributed by atoms with Crippen LogP contribution in [0.2, 0.25) is 0 Å². The van der Waals surface area contributed by atoms with Crippen LogP contribution in [-0.2, 0) is 9.59 Å². The van der Waals surface area contributed by atoms with Gasteiger partial charge in [-0.05, 0) is 25.0 Å². The van der Waals surface area contributed by atoms with Crippen molar-refractivity contribution in [2.45, 2.75) is 39.5 Å². The number of benzene rings is 1. The summed E-state index contributed by atoms with van der Waals surface area (Å²) in [6, 6.07) is 9.50. The van der Waals surface area contributed by atoms with Gasteiger partial charge in [-0.25, -0.2) is 0 Å². The number of carbonyl (C=O) groups excluding carboxylic acids is 1. The first kappa shape index (κ1) is 16.2. The van der Waals surface area contributed by atoms with E-state index in [4.69, 9.17) is 5.11 Å². The first-order chi connectivity index (χ1) is 8.60. The van der Waals surface area contributed by atoms with Crippen molar-refractivity contribution < 1.29 is 14.7 Å². The van der Waals surface area contributed by atoms with Crippen LogP contribution in [0.25, 0.3) is 0 Å². The van der Waals surface area contributed by atoms with Gasteiger partial charge in [-0.1, -0.05) is 32.0 Å². The van der Waals surface area contributed by atoms with E-state index in [-0.39, 0.29) is 5.91 Å². The van der Waals surface area contributed by atoms with Crippen molar-refractivity contribution in [3.05, 3.63) is 30.3 Å². The minimum Gasteiger partial charge on any atom is -0.481 e. The molecule has 0 unspecified atom stereocenters. The van der Waals surface area contributed by atoms with Gasteiger partial charge in [-0.2, -0.15) is 0 Å². The molecule has 0 saturated heterocycles. The molecule has 0 aromatic heterocycles. The van der Waals surface area contributed by atoms with Crippen molar-refractivity contribution in [1.29, 1.82) is 0 Å². The van der Waals surface area contributed by atoms with Gasteiger partial charge in [0.15, 0.2) is 0 Å². The number of aliphatic carboxylic acids is 1. The highest BCUT2D eigenvalue weighted by atomic mass is 16.4. The lowest BCUT2D eigenvalue weighted by Crippen LogP contribution is -2.10. The zero-order valence-corrected chi connectivity index (χ0v) is 11.0. The lowest BCUT2D eigenvalue weighted by molar-refractivity contribution is -0.137. The second-order valence-electron chi connectivity index (χ2n) is 3.81. The summed E-state index contributed by atoms with van der Waals surface area (Å²) in [6.45, 7) is 3.83. The number of carboxylic acids is 1. The third-order valence-corrected chi connectivity index (χ3v) is 2.00. The van der Waals surface area contributed by atoms with Gasteiger partial charge in [0.2, 0.25) is 5.91 Å². The number of carboxylic acid groups (broad SMARTS) is 1. The van der Waals surface area contributed by atoms with E-state index in [1.807, 2.05) is 44.2 Å². The Kier molecular flexibility index (Phi) is 9.27. The molecule has 4 nitrogen and oxygen atoms in total. The average Bonchev–Trinajstić information content (AvgIpc) is 2.31. The molecule has 18 heavy (non-hydrogen) atoms. The van der Waals surface area contributed by atoms with E-state index < -0.39 is 5.97 Å². The Bertz CT molecular complexity index is 349. The molecule has 0 aliphatic rings. The summed E-state index contributed by atoms with van der Waals surface area (Å²) in [5, 5.41) is 10.7. The van der Waals surface area contributed by atoms with Crippen molar-refractivity contribution in [3.8, 4) is 0 Å². The van der Waals surface area contributed by atoms with E-state index in [1.165, 1.54) is 0 Å². The van der Waals surface area contributed by atoms with Crippen molar-refractivity contribution in [2.75, 3.05) is 5.32 Å². The van der Waals surface area contributed by atoms with E-state index in [0.29, 0.717) is 12.8 Å². The predicted octanol–water partition coefficient (Wildman–Crippen LogP) is 3.30. The highest BCUT2D eigenvalue weighted by Crippen LogP contribution is 2.05. The largest absolute Gasteiger partial charge is 0.481 e. The number of rotatable bonds is 5. The summed E-state index contributed by atoms with van der Waals surface area (Å²) in [5.74, 6) is -0.624. The van der Waals surface area contributed by atoms with E-state index in [9.17, 15) is 9.59 Å². The summed E-state index contributed by atoms with van der Waals surface area (Å²) in [6.07, 6.45) is 2.50. The quantitative estimate of drug-likeness (QED) is 0.843. The molecule has 1 rings (SSSR count). The van der Waals surface area contributed by atoms with Crippen molar-refractivity contribution in [1.82, 2.24) is 0 Å². The Morgan fingerprint density at radius 2 is 1.61 bits per heavy atom. The molecule has 2 N–H and O–H groups in total. The van der Waals surface area contributed by atoms with Gasteiger partial charge in [0.1, 0.15) is 0 Å². The highest BCUT2D eigenvalue weighted by Gasteiger charge is 1.98. The molecule has 0 saturated carbocycles. The van der Waals surface area contributed by atoms with Crippen LogP contribution in [0.1, 0.15) is 39.5 Å². The van der Waals surface area contributed by atoms with Crippen LogP contribution >= 0.6 is 0 Å². The second kappa shape index (κ2) is 10.3. The Hall–Kier alpha value is -1.84. The monoisotopic (exact) mass is 251 g/mol. The standard InChI is InChI=1S/C10H13NO.C4H8O2/c1-2-6-10(12)11-9-7-4-3-5-8-9;1-2-3-4(5)6/h3-5,7-8H,2,6H2,1H3,(H,11,12);2-3H2,1H3,(H,5,6). The number of hydrogen-bond donors (Lipinski definition) is 2. The molecule has 1 amide bonds. The van der Waals surface area contributed by atoms with Crippen molar-refractivity contribution in [3.63, 3.8) is 0 Å². The molecule has 0 heterocycles. The fourth-order valence-corrected chi connectivity index (χ4v) is 1.19. The maximum absolute atomic E-state index is 11.1. The maximum Gasteiger partial charge on any atom is 0.303 e. The van der Waals surface area contributed by atoms with Gasteiger partial charge >= 0.3 is 5.97 Å². The van der Waals surface area contributed by atoms with Crippen LogP contribution in [0.4, 0.5) is 5.69 Å². The molecule has 0 atom stereocenters. The number of anilines is 1. The van der Waals surface area contributed by atoms with E-state index in [2.05, 4.69) is 5.32 Å². The van der Waals surface area contributed by atoms with Crippen LogP contribution in [0.15, 0.2) is 30.3 Å². The number of amides is 1. The van der Waals surface area contributed by atoms with Crippen LogP contribution in [0.3, 0.4) is 0 Å². The smallest absolute Gasteiger partial charge is 0.303 e. The van der Waals surface area contributed by atoms with Gasteiger partial charge in [0, 0.05) is 18.5 Å². The number of para-hydroxylation sites is 1. The average molecular weight is 251 g/mol. The molecule has 1 aromatic rings. The van der Waals surface area contributed by atoms with Gasteiger partial charge in [-0.15, -0.1) is 0 Å². The Balaban J connectivity index is 0.000000411. The third kappa shape index (κ3) is 9.39. The fourth-order valence-electron chi connectivity index (χ4n) is 1.19. The molecule has 0 spiro atoms. The second-order valence-corrected chi connectivity index (χ2v) is 3.81. The lowest BCUT2D eigenvalue weighted by atomic mass is 10.3. The highest BCUT2D eigenvalue weighted by molar-refractivity contribution is 5.90. The molecule has 0 radical (unpaired) electrons. The summed E-state index contributed by atoms with van der Waals surface area (Å²) >= 11 is 0. The number of hydrogen-bond acceptors (Lipinski definition) is 2. The molecule has 0 fully saturated rings. The molecule has 1 aromatic carbocycles. The Labute approximate surface area is 108 Å². The van der Waals surface area contributed by atoms with Gasteiger partial charge in [0.25, 0.3) is 0 Å². The van der Waals surface area contributed by atoms with Crippen LogP contribution in [-0.4, -0.2) is 17.0 Å². The van der Waals surface area contributed by atoms with Crippen molar-refractivity contribution >= 4 is 17.6 Å². The number of nitrogens with one attached hydrogen (secondary N) is 1. The Morgan fingerprint density at radius 3 is 2.00 bits per heavy atom. The number of carbonyl (C=O) groups is 2. The zero-order chi connectivity index (χ0) is 13.8. The minimum absolute atomic E-state index is 0.0868. The molecule has 0 aliphatic heterocycles. The predicted molar refractivity (Wildman–Crippen MR) is 72.5 cm³/mol. The molecular weight excluding hydrogens is 230 g/mol. The molecular formula is C14H21NO3. The van der Waals surface area contributed by atoms with E-state index in [0.717, 1.165) is 18.5 Å². The summed E-state index contributed by atoms with van der Waals surface area (Å²) in [7, 11) is 0. The Morgan fingerprint density at radius 1 is 1.06 bits per heavy atom.